The zero-order chi connectivity index (χ0) is 12.2. The molecule has 0 heterocycles. The fourth-order valence-electron chi connectivity index (χ4n) is 1.51. The lowest BCUT2D eigenvalue weighted by molar-refractivity contribution is 0.0531. The van der Waals surface area contributed by atoms with Crippen LogP contribution in [0.5, 0.6) is 0 Å². The number of aliphatic hydroxyl groups is 1. The molecule has 0 fully saturated rings. The molecule has 0 saturated carbocycles. The first-order valence-electron chi connectivity index (χ1n) is 5.36. The van der Waals surface area contributed by atoms with E-state index in [0.717, 1.165) is 31.2 Å². The SMILES string of the molecule is CCCNCC(C)(O)c1cc(F)ccc1F. The average molecular weight is 229 g/mol. The van der Waals surface area contributed by atoms with Crippen LogP contribution in [0, 0.1) is 11.6 Å². The van der Waals surface area contributed by atoms with E-state index in [-0.39, 0.29) is 12.1 Å². The summed E-state index contributed by atoms with van der Waals surface area (Å²) < 4.78 is 26.4. The van der Waals surface area contributed by atoms with Gasteiger partial charge in [0.2, 0.25) is 0 Å². The molecule has 0 aliphatic rings. The van der Waals surface area contributed by atoms with Crippen LogP contribution in [0.15, 0.2) is 18.2 Å². The number of nitrogens with one attached hydrogen (secondary N) is 1. The first-order valence-corrected chi connectivity index (χ1v) is 5.36. The van der Waals surface area contributed by atoms with Crippen molar-refractivity contribution in [3.63, 3.8) is 0 Å². The second-order valence-corrected chi connectivity index (χ2v) is 4.07. The Kier molecular flexibility index (Phi) is 4.38. The third-order valence-corrected chi connectivity index (χ3v) is 2.40. The normalized spacial score (nSPS) is 14.8. The quantitative estimate of drug-likeness (QED) is 0.758. The van der Waals surface area contributed by atoms with Crippen LogP contribution in [0.4, 0.5) is 8.78 Å². The number of hydrogen-bond donors (Lipinski definition) is 2. The van der Waals surface area contributed by atoms with Gasteiger partial charge in [-0.15, -0.1) is 0 Å². The van der Waals surface area contributed by atoms with E-state index in [4.69, 9.17) is 0 Å². The van der Waals surface area contributed by atoms with Crippen LogP contribution in [0.3, 0.4) is 0 Å². The molecule has 0 aromatic heterocycles. The van der Waals surface area contributed by atoms with Crippen LogP contribution in [0.1, 0.15) is 25.8 Å². The van der Waals surface area contributed by atoms with Gasteiger partial charge in [0.1, 0.15) is 17.2 Å². The summed E-state index contributed by atoms with van der Waals surface area (Å²) in [6.07, 6.45) is 0.918. The second kappa shape index (κ2) is 5.37. The Labute approximate surface area is 94.3 Å². The minimum Gasteiger partial charge on any atom is -0.384 e. The first kappa shape index (κ1) is 13.1. The zero-order valence-electron chi connectivity index (χ0n) is 9.56. The van der Waals surface area contributed by atoms with Crippen LogP contribution in [-0.2, 0) is 5.60 Å². The number of hydrogen-bond acceptors (Lipinski definition) is 2. The molecule has 0 amide bonds. The maximum atomic E-state index is 13.4. The summed E-state index contributed by atoms with van der Waals surface area (Å²) in [6.45, 7) is 4.38. The Morgan fingerprint density at radius 2 is 2.06 bits per heavy atom. The Morgan fingerprint density at radius 3 is 2.69 bits per heavy atom. The van der Waals surface area contributed by atoms with Gasteiger partial charge in [-0.3, -0.25) is 0 Å². The fraction of sp³-hybridized carbons (Fsp3) is 0.500. The van der Waals surface area contributed by atoms with Crippen molar-refractivity contribution in [1.82, 2.24) is 5.32 Å². The van der Waals surface area contributed by atoms with Crippen LogP contribution < -0.4 is 5.32 Å². The topological polar surface area (TPSA) is 32.3 Å². The summed E-state index contributed by atoms with van der Waals surface area (Å²) in [5.74, 6) is -1.14. The number of rotatable bonds is 5. The van der Waals surface area contributed by atoms with Crippen molar-refractivity contribution in [2.24, 2.45) is 0 Å². The van der Waals surface area contributed by atoms with Gasteiger partial charge in [0.25, 0.3) is 0 Å². The Morgan fingerprint density at radius 1 is 1.38 bits per heavy atom. The van der Waals surface area contributed by atoms with E-state index in [9.17, 15) is 13.9 Å². The Bertz CT molecular complexity index is 353. The molecular formula is C12H17F2NO. The highest BCUT2D eigenvalue weighted by molar-refractivity contribution is 5.25. The number of halogens is 2. The van der Waals surface area contributed by atoms with Gasteiger partial charge in [0, 0.05) is 12.1 Å². The van der Waals surface area contributed by atoms with E-state index in [0.29, 0.717) is 0 Å². The molecule has 0 aliphatic heterocycles. The fourth-order valence-corrected chi connectivity index (χ4v) is 1.51. The average Bonchev–Trinajstić information content (AvgIpc) is 2.22. The highest BCUT2D eigenvalue weighted by Gasteiger charge is 2.26. The lowest BCUT2D eigenvalue weighted by Crippen LogP contribution is -2.36. The predicted molar refractivity (Wildman–Crippen MR) is 59.1 cm³/mol. The van der Waals surface area contributed by atoms with Gasteiger partial charge in [0.05, 0.1) is 0 Å². The molecule has 1 aromatic carbocycles. The van der Waals surface area contributed by atoms with Crippen LogP contribution >= 0.6 is 0 Å². The van der Waals surface area contributed by atoms with Gasteiger partial charge in [-0.25, -0.2) is 8.78 Å². The summed E-state index contributed by atoms with van der Waals surface area (Å²) >= 11 is 0. The monoisotopic (exact) mass is 229 g/mol. The molecule has 2 N–H and O–H groups in total. The lowest BCUT2D eigenvalue weighted by Gasteiger charge is -2.24. The molecule has 2 nitrogen and oxygen atoms in total. The molecule has 1 unspecified atom stereocenters. The molecular weight excluding hydrogens is 212 g/mol. The molecule has 1 aromatic rings. The summed E-state index contributed by atoms with van der Waals surface area (Å²) in [4.78, 5) is 0. The van der Waals surface area contributed by atoms with Crippen LogP contribution in [0.2, 0.25) is 0 Å². The van der Waals surface area contributed by atoms with Crippen molar-refractivity contribution in [3.8, 4) is 0 Å². The summed E-state index contributed by atoms with van der Waals surface area (Å²) in [5, 5.41) is 13.0. The van der Waals surface area contributed by atoms with E-state index < -0.39 is 17.2 Å². The minimum atomic E-state index is -1.40. The highest BCUT2D eigenvalue weighted by atomic mass is 19.1. The molecule has 90 valence electrons. The van der Waals surface area contributed by atoms with Crippen LogP contribution in [-0.4, -0.2) is 18.2 Å². The summed E-state index contributed by atoms with van der Waals surface area (Å²) in [5.41, 5.74) is -1.42. The molecule has 0 saturated heterocycles. The molecule has 1 atom stereocenters. The molecule has 16 heavy (non-hydrogen) atoms. The van der Waals surface area contributed by atoms with Crippen molar-refractivity contribution in [1.29, 1.82) is 0 Å². The van der Waals surface area contributed by atoms with Gasteiger partial charge < -0.3 is 10.4 Å². The standard InChI is InChI=1S/C12H17F2NO/c1-3-6-15-8-12(2,16)10-7-9(13)4-5-11(10)14/h4-5,7,15-16H,3,6,8H2,1-2H3. The molecule has 0 radical (unpaired) electrons. The van der Waals surface area contributed by atoms with E-state index >= 15 is 0 Å². The largest absolute Gasteiger partial charge is 0.384 e. The van der Waals surface area contributed by atoms with Crippen molar-refractivity contribution in [3.05, 3.63) is 35.4 Å². The maximum Gasteiger partial charge on any atom is 0.129 e. The van der Waals surface area contributed by atoms with Gasteiger partial charge >= 0.3 is 0 Å². The van der Waals surface area contributed by atoms with Crippen molar-refractivity contribution in [2.45, 2.75) is 25.9 Å². The molecule has 4 heteroatoms. The number of benzene rings is 1. The first-order chi connectivity index (χ1) is 7.47. The van der Waals surface area contributed by atoms with Gasteiger partial charge in [-0.05, 0) is 38.1 Å². The molecule has 0 bridgehead atoms. The molecule has 0 aliphatic carbocycles. The molecule has 0 spiro atoms. The third-order valence-electron chi connectivity index (χ3n) is 2.40. The predicted octanol–water partition coefficient (Wildman–Crippen LogP) is 2.17. The highest BCUT2D eigenvalue weighted by Crippen LogP contribution is 2.23. The zero-order valence-corrected chi connectivity index (χ0v) is 9.56. The Hall–Kier alpha value is -1.00. The Balaban J connectivity index is 2.83. The lowest BCUT2D eigenvalue weighted by atomic mass is 9.95. The van der Waals surface area contributed by atoms with Gasteiger partial charge in [0.15, 0.2) is 0 Å². The van der Waals surface area contributed by atoms with Gasteiger partial charge in [-0.2, -0.15) is 0 Å². The van der Waals surface area contributed by atoms with Crippen LogP contribution in [0.25, 0.3) is 0 Å². The van der Waals surface area contributed by atoms with E-state index in [1.54, 1.807) is 0 Å². The smallest absolute Gasteiger partial charge is 0.129 e. The van der Waals surface area contributed by atoms with Gasteiger partial charge in [-0.1, -0.05) is 6.92 Å². The summed E-state index contributed by atoms with van der Waals surface area (Å²) in [6, 6.07) is 3.09. The molecule has 1 rings (SSSR count). The van der Waals surface area contributed by atoms with Crippen molar-refractivity contribution in [2.75, 3.05) is 13.1 Å². The minimum absolute atomic E-state index is 0.0175. The third kappa shape index (κ3) is 3.25. The maximum absolute atomic E-state index is 13.4. The second-order valence-electron chi connectivity index (χ2n) is 4.07. The van der Waals surface area contributed by atoms with E-state index in [1.165, 1.54) is 6.92 Å². The summed E-state index contributed by atoms with van der Waals surface area (Å²) in [7, 11) is 0. The van der Waals surface area contributed by atoms with E-state index in [2.05, 4.69) is 5.32 Å². The van der Waals surface area contributed by atoms with Crippen molar-refractivity contribution < 1.29 is 13.9 Å². The van der Waals surface area contributed by atoms with Crippen molar-refractivity contribution >= 4 is 0 Å². The van der Waals surface area contributed by atoms with E-state index in [1.807, 2.05) is 6.92 Å².